The molecule has 26 heavy (non-hydrogen) atoms. The molecule has 0 unspecified atom stereocenters. The molecule has 2 aromatic heterocycles. The van der Waals surface area contributed by atoms with Gasteiger partial charge in [-0.3, -0.25) is 4.79 Å². The molecule has 0 spiro atoms. The van der Waals surface area contributed by atoms with Crippen LogP contribution in [0.2, 0.25) is 0 Å². The lowest BCUT2D eigenvalue weighted by atomic mass is 10.1. The summed E-state index contributed by atoms with van der Waals surface area (Å²) in [7, 11) is 1.26. The van der Waals surface area contributed by atoms with Gasteiger partial charge in [-0.15, -0.1) is 5.10 Å². The van der Waals surface area contributed by atoms with Crippen LogP contribution < -0.4 is 9.47 Å². The van der Waals surface area contributed by atoms with E-state index in [-0.39, 0.29) is 36.2 Å². The number of Topliss-reactive ketones (excluding diaryl/α,β-unsaturated/α-hetero) is 1. The first-order valence-corrected chi connectivity index (χ1v) is 7.19. The van der Waals surface area contributed by atoms with Crippen LogP contribution in [0.4, 0.5) is 13.2 Å². The van der Waals surface area contributed by atoms with Crippen LogP contribution in [0.1, 0.15) is 21.5 Å². The molecule has 0 fully saturated rings. The fourth-order valence-electron chi connectivity index (χ4n) is 2.31. The van der Waals surface area contributed by atoms with E-state index in [0.29, 0.717) is 11.4 Å². The van der Waals surface area contributed by atoms with E-state index in [2.05, 4.69) is 25.2 Å². The largest absolute Gasteiger partial charge is 0.470 e. The number of rotatable bonds is 1. The van der Waals surface area contributed by atoms with E-state index >= 15 is 0 Å². The number of alkyl halides is 3. The SMILES string of the molecule is CON=C1COc2nccc(C(F)(F)F)c21.O=C1COc2nnccc21. The Hall–Kier alpha value is -3.24. The van der Waals surface area contributed by atoms with Crippen LogP contribution in [0.3, 0.4) is 0 Å². The highest BCUT2D eigenvalue weighted by Gasteiger charge is 2.39. The zero-order valence-electron chi connectivity index (χ0n) is 13.3. The summed E-state index contributed by atoms with van der Waals surface area (Å²) in [6.45, 7) is 0.0390. The van der Waals surface area contributed by atoms with Gasteiger partial charge in [0, 0.05) is 6.20 Å². The molecule has 11 heteroatoms. The Bertz CT molecular complexity index is 870. The Morgan fingerprint density at radius 3 is 2.62 bits per heavy atom. The van der Waals surface area contributed by atoms with Gasteiger partial charge in [-0.05, 0) is 12.1 Å². The summed E-state index contributed by atoms with van der Waals surface area (Å²) in [6, 6.07) is 2.50. The van der Waals surface area contributed by atoms with Crippen molar-refractivity contribution in [2.45, 2.75) is 6.18 Å². The lowest BCUT2D eigenvalue weighted by molar-refractivity contribution is -0.137. The maximum atomic E-state index is 12.7. The number of carbonyl (C=O) groups is 1. The smallest absolute Gasteiger partial charge is 0.417 e. The monoisotopic (exact) mass is 368 g/mol. The van der Waals surface area contributed by atoms with Crippen molar-refractivity contribution in [1.29, 1.82) is 0 Å². The molecule has 0 atom stereocenters. The minimum absolute atomic E-state index is 0.0232. The Labute approximate surface area is 144 Å². The number of halogens is 3. The topological polar surface area (TPSA) is 95.8 Å². The van der Waals surface area contributed by atoms with Crippen molar-refractivity contribution in [1.82, 2.24) is 15.2 Å². The molecule has 8 nitrogen and oxygen atoms in total. The van der Waals surface area contributed by atoms with Crippen molar-refractivity contribution in [2.75, 3.05) is 20.3 Å². The molecule has 0 radical (unpaired) electrons. The van der Waals surface area contributed by atoms with E-state index in [9.17, 15) is 18.0 Å². The molecule has 0 N–H and O–H groups in total. The molecule has 0 saturated heterocycles. The van der Waals surface area contributed by atoms with Gasteiger partial charge in [0.2, 0.25) is 17.5 Å². The summed E-state index contributed by atoms with van der Waals surface area (Å²) >= 11 is 0. The highest BCUT2D eigenvalue weighted by molar-refractivity contribution is 6.06. The molecular weight excluding hydrogens is 357 g/mol. The van der Waals surface area contributed by atoms with Gasteiger partial charge in [-0.25, -0.2) is 4.98 Å². The van der Waals surface area contributed by atoms with E-state index < -0.39 is 11.7 Å². The molecule has 0 aromatic carbocycles. The minimum atomic E-state index is -4.46. The molecule has 136 valence electrons. The van der Waals surface area contributed by atoms with Crippen LogP contribution in [0, 0.1) is 0 Å². The fraction of sp³-hybridized carbons (Fsp3) is 0.267. The van der Waals surface area contributed by atoms with Crippen LogP contribution in [0.25, 0.3) is 0 Å². The molecule has 2 aliphatic heterocycles. The predicted octanol–water partition coefficient (Wildman–Crippen LogP) is 1.90. The third-order valence-corrected chi connectivity index (χ3v) is 3.38. The van der Waals surface area contributed by atoms with Crippen molar-refractivity contribution in [3.05, 3.63) is 41.2 Å². The van der Waals surface area contributed by atoms with Gasteiger partial charge >= 0.3 is 6.18 Å². The minimum Gasteiger partial charge on any atom is -0.470 e. The van der Waals surface area contributed by atoms with Gasteiger partial charge in [0.1, 0.15) is 19.4 Å². The Balaban J connectivity index is 0.000000167. The molecule has 0 aliphatic carbocycles. The number of ketones is 1. The number of carbonyl (C=O) groups excluding carboxylic acids is 1. The number of nitrogens with zero attached hydrogens (tertiary/aromatic N) is 4. The van der Waals surface area contributed by atoms with Crippen LogP contribution in [-0.2, 0) is 11.0 Å². The van der Waals surface area contributed by atoms with Gasteiger partial charge in [-0.2, -0.15) is 18.3 Å². The van der Waals surface area contributed by atoms with Crippen LogP contribution >= 0.6 is 0 Å². The number of hydrogen-bond donors (Lipinski definition) is 0. The third-order valence-electron chi connectivity index (χ3n) is 3.38. The van der Waals surface area contributed by atoms with E-state index in [4.69, 9.17) is 9.47 Å². The molecule has 2 aromatic rings. The number of ether oxygens (including phenoxy) is 2. The Morgan fingerprint density at radius 2 is 1.92 bits per heavy atom. The third kappa shape index (κ3) is 3.41. The maximum absolute atomic E-state index is 12.7. The number of hydrogen-bond acceptors (Lipinski definition) is 8. The summed E-state index contributed by atoms with van der Waals surface area (Å²) in [5, 5.41) is 10.7. The second-order valence-corrected chi connectivity index (χ2v) is 5.01. The molecule has 4 heterocycles. The lowest BCUT2D eigenvalue weighted by Gasteiger charge is -2.09. The standard InChI is InChI=1S/C9H7F3N2O2.C6H4N2O2/c1-15-14-6-4-16-8-7(6)5(2-3-13-8)9(10,11)12;9-5-3-10-6-4(5)1-2-7-8-6/h2-3H,4H2,1H3;1-2H,3H2. The molecule has 0 saturated carbocycles. The average Bonchev–Trinajstić information content (AvgIpc) is 3.20. The zero-order chi connectivity index (χ0) is 18.7. The van der Waals surface area contributed by atoms with E-state index in [0.717, 1.165) is 12.3 Å². The first-order chi connectivity index (χ1) is 12.4. The highest BCUT2D eigenvalue weighted by Crippen LogP contribution is 2.37. The zero-order valence-corrected chi connectivity index (χ0v) is 13.3. The van der Waals surface area contributed by atoms with E-state index in [1.165, 1.54) is 13.3 Å². The predicted molar refractivity (Wildman–Crippen MR) is 80.1 cm³/mol. The van der Waals surface area contributed by atoms with Gasteiger partial charge < -0.3 is 14.3 Å². The Kier molecular flexibility index (Phi) is 4.69. The van der Waals surface area contributed by atoms with Crippen molar-refractivity contribution in [3.8, 4) is 11.8 Å². The highest BCUT2D eigenvalue weighted by atomic mass is 19.4. The van der Waals surface area contributed by atoms with Gasteiger partial charge in [-0.1, -0.05) is 5.16 Å². The molecule has 4 rings (SSSR count). The average molecular weight is 368 g/mol. The summed E-state index contributed by atoms with van der Waals surface area (Å²) < 4.78 is 47.9. The summed E-state index contributed by atoms with van der Waals surface area (Å²) in [4.78, 5) is 19.0. The quantitative estimate of drug-likeness (QED) is 0.709. The number of fused-ring (bicyclic) bond motifs is 2. The number of oxime groups is 1. The molecule has 0 amide bonds. The molecule has 0 bridgehead atoms. The van der Waals surface area contributed by atoms with E-state index in [1.807, 2.05) is 0 Å². The van der Waals surface area contributed by atoms with Crippen molar-refractivity contribution in [2.24, 2.45) is 5.16 Å². The van der Waals surface area contributed by atoms with Crippen LogP contribution in [0.15, 0.2) is 29.7 Å². The van der Waals surface area contributed by atoms with Gasteiger partial charge in [0.05, 0.1) is 22.9 Å². The van der Waals surface area contributed by atoms with Gasteiger partial charge in [0.15, 0.2) is 6.61 Å². The second-order valence-electron chi connectivity index (χ2n) is 5.01. The first-order valence-electron chi connectivity index (χ1n) is 7.19. The fourth-order valence-corrected chi connectivity index (χ4v) is 2.31. The van der Waals surface area contributed by atoms with Crippen molar-refractivity contribution >= 4 is 11.5 Å². The van der Waals surface area contributed by atoms with Crippen molar-refractivity contribution < 1.29 is 32.3 Å². The molecule has 2 aliphatic rings. The lowest BCUT2D eigenvalue weighted by Crippen LogP contribution is -2.12. The molecular formula is C15H11F3N4O4. The van der Waals surface area contributed by atoms with Crippen LogP contribution in [0.5, 0.6) is 11.8 Å². The summed E-state index contributed by atoms with van der Waals surface area (Å²) in [5.74, 6) is 0.267. The maximum Gasteiger partial charge on any atom is 0.417 e. The van der Waals surface area contributed by atoms with Crippen LogP contribution in [-0.4, -0.2) is 47.0 Å². The normalized spacial score (nSPS) is 16.2. The van der Waals surface area contributed by atoms with E-state index in [1.54, 1.807) is 6.07 Å². The number of aromatic nitrogens is 3. The number of pyridine rings is 1. The second kappa shape index (κ2) is 6.94. The summed E-state index contributed by atoms with van der Waals surface area (Å²) in [6.07, 6.45) is -1.93. The first kappa shape index (κ1) is 17.6. The van der Waals surface area contributed by atoms with Gasteiger partial charge in [0.25, 0.3) is 0 Å². The Morgan fingerprint density at radius 1 is 1.15 bits per heavy atom. The summed E-state index contributed by atoms with van der Waals surface area (Å²) in [5.41, 5.74) is -0.324. The van der Waals surface area contributed by atoms with Crippen molar-refractivity contribution in [3.63, 3.8) is 0 Å².